The fourth-order valence-corrected chi connectivity index (χ4v) is 5.12. The van der Waals surface area contributed by atoms with Crippen LogP contribution < -0.4 is 10.9 Å². The number of hydrogen-bond donors (Lipinski definition) is 3. The smallest absolute Gasteiger partial charge is 0.257 e. The van der Waals surface area contributed by atoms with Gasteiger partial charge in [-0.15, -0.1) is 0 Å². The van der Waals surface area contributed by atoms with E-state index in [9.17, 15) is 32.3 Å². The third kappa shape index (κ3) is 4.90. The summed E-state index contributed by atoms with van der Waals surface area (Å²) in [7, 11) is 0. The van der Waals surface area contributed by atoms with Crippen LogP contribution in [0.4, 0.5) is 23.4 Å². The predicted molar refractivity (Wildman–Crippen MR) is 125 cm³/mol. The van der Waals surface area contributed by atoms with Gasteiger partial charge in [-0.3, -0.25) is 14.5 Å². The minimum atomic E-state index is -3.00. The second-order valence-corrected chi connectivity index (χ2v) is 9.57. The molecule has 0 saturated carbocycles. The summed E-state index contributed by atoms with van der Waals surface area (Å²) in [6.07, 6.45) is 1.47. The number of nitrogens with one attached hydrogen (secondary N) is 2. The molecule has 1 aromatic carbocycles. The van der Waals surface area contributed by atoms with Crippen molar-refractivity contribution in [1.82, 2.24) is 19.4 Å². The van der Waals surface area contributed by atoms with Crippen LogP contribution >= 0.6 is 0 Å². The van der Waals surface area contributed by atoms with Gasteiger partial charge < -0.3 is 20.0 Å². The average Bonchev–Trinajstić information content (AvgIpc) is 3.38. The van der Waals surface area contributed by atoms with Gasteiger partial charge in [-0.05, 0) is 30.2 Å². The number of amides is 1. The number of anilines is 1. The molecule has 8 nitrogen and oxygen atoms in total. The number of H-pyrrole nitrogens is 1. The van der Waals surface area contributed by atoms with E-state index in [0.29, 0.717) is 5.56 Å². The summed E-state index contributed by atoms with van der Waals surface area (Å²) >= 11 is 0. The summed E-state index contributed by atoms with van der Waals surface area (Å²) < 4.78 is 58.4. The van der Waals surface area contributed by atoms with E-state index < -0.39 is 59.5 Å². The number of fused-ring (bicyclic) bond motifs is 1. The molecule has 1 fully saturated rings. The van der Waals surface area contributed by atoms with Crippen LogP contribution in [0.15, 0.2) is 47.5 Å². The molecule has 12 heteroatoms. The number of halogens is 4. The first-order valence-corrected chi connectivity index (χ1v) is 11.9. The molecule has 1 amide bonds. The van der Waals surface area contributed by atoms with E-state index in [1.54, 1.807) is 16.4 Å². The molecule has 0 spiro atoms. The molecule has 196 valence electrons. The van der Waals surface area contributed by atoms with Crippen LogP contribution in [0.5, 0.6) is 0 Å². The lowest BCUT2D eigenvalue weighted by Crippen LogP contribution is -2.52. The topological polar surface area (TPSA) is 103 Å². The maximum absolute atomic E-state index is 14.7. The van der Waals surface area contributed by atoms with E-state index in [4.69, 9.17) is 0 Å². The van der Waals surface area contributed by atoms with E-state index in [0.717, 1.165) is 6.07 Å². The summed E-state index contributed by atoms with van der Waals surface area (Å²) in [4.78, 5) is 32.7. The predicted octanol–water partition coefficient (Wildman–Crippen LogP) is 3.33. The van der Waals surface area contributed by atoms with Gasteiger partial charge in [0.2, 0.25) is 11.5 Å². The normalized spacial score (nSPS) is 24.0. The van der Waals surface area contributed by atoms with Crippen molar-refractivity contribution >= 4 is 11.7 Å². The number of aromatic nitrogens is 3. The number of likely N-dealkylation sites (tertiary alicyclic amines) is 1. The van der Waals surface area contributed by atoms with Crippen LogP contribution in [0, 0.1) is 11.6 Å². The molecule has 4 atom stereocenters. The maximum atomic E-state index is 14.7. The molecule has 0 aliphatic carbocycles. The highest BCUT2D eigenvalue weighted by Gasteiger charge is 2.46. The molecule has 37 heavy (non-hydrogen) atoms. The molecule has 4 heterocycles. The van der Waals surface area contributed by atoms with Crippen LogP contribution in [0.1, 0.15) is 54.8 Å². The lowest BCUT2D eigenvalue weighted by Gasteiger charge is -2.40. The van der Waals surface area contributed by atoms with E-state index in [1.165, 1.54) is 36.7 Å². The third-order valence-corrected chi connectivity index (χ3v) is 7.16. The Morgan fingerprint density at radius 1 is 1.22 bits per heavy atom. The second-order valence-electron chi connectivity index (χ2n) is 9.57. The zero-order valence-electron chi connectivity index (χ0n) is 19.8. The number of imidazole rings is 1. The molecule has 0 bridgehead atoms. The first-order valence-electron chi connectivity index (χ1n) is 11.9. The summed E-state index contributed by atoms with van der Waals surface area (Å²) in [5.41, 5.74) is 0.206. The standard InChI is InChI=1S/C25H25F4N5O3/c1-13(33-5-4-25(28,29)18(11-33)14-2-3-22(36)30-10-14)24(37)32-21-12-34-19(9-20(35)23(34)31-21)15-6-16(26)8-17(27)7-15/h2-3,6-8,10,12-13,18-20,35H,4-5,9,11H2,1H3,(H,30,36)(H,32,37)/t13-,18+,19-,20-/m0/s1. The lowest BCUT2D eigenvalue weighted by atomic mass is 9.87. The maximum Gasteiger partial charge on any atom is 0.257 e. The molecule has 2 aliphatic heterocycles. The average molecular weight is 519 g/mol. The zero-order valence-corrected chi connectivity index (χ0v) is 19.8. The summed E-state index contributed by atoms with van der Waals surface area (Å²) in [6, 6.07) is 4.32. The van der Waals surface area contributed by atoms with Gasteiger partial charge in [-0.1, -0.05) is 6.07 Å². The summed E-state index contributed by atoms with van der Waals surface area (Å²) in [5.74, 6) is -5.80. The van der Waals surface area contributed by atoms with Gasteiger partial charge in [0.15, 0.2) is 5.82 Å². The highest BCUT2D eigenvalue weighted by Crippen LogP contribution is 2.41. The van der Waals surface area contributed by atoms with Gasteiger partial charge in [0.1, 0.15) is 23.6 Å². The van der Waals surface area contributed by atoms with Gasteiger partial charge in [0.25, 0.3) is 5.92 Å². The SMILES string of the molecule is C[C@@H](C(=O)Nc1cn2c(n1)[C@@H](O)C[C@H]2c1cc(F)cc(F)c1)N1CCC(F)(F)[C@@H](c2ccc(=O)[nH]c2)C1. The van der Waals surface area contributed by atoms with E-state index in [2.05, 4.69) is 15.3 Å². The van der Waals surface area contributed by atoms with Gasteiger partial charge in [0.05, 0.1) is 18.0 Å². The second kappa shape index (κ2) is 9.42. The minimum absolute atomic E-state index is 0.00689. The van der Waals surface area contributed by atoms with Gasteiger partial charge in [0, 0.05) is 50.5 Å². The highest BCUT2D eigenvalue weighted by molar-refractivity contribution is 5.93. The van der Waals surface area contributed by atoms with Crippen LogP contribution in [0.25, 0.3) is 0 Å². The number of aromatic amines is 1. The van der Waals surface area contributed by atoms with E-state index >= 15 is 0 Å². The molecule has 1 saturated heterocycles. The number of carbonyl (C=O) groups excluding carboxylic acids is 1. The van der Waals surface area contributed by atoms with Crippen molar-refractivity contribution in [3.8, 4) is 0 Å². The monoisotopic (exact) mass is 519 g/mol. The number of benzene rings is 1. The van der Waals surface area contributed by atoms with Crippen molar-refractivity contribution in [2.75, 3.05) is 18.4 Å². The number of alkyl halides is 2. The summed E-state index contributed by atoms with van der Waals surface area (Å²) in [5, 5.41) is 13.1. The molecule has 0 radical (unpaired) electrons. The molecule has 2 aliphatic rings. The van der Waals surface area contributed by atoms with Crippen LogP contribution in [0.2, 0.25) is 0 Å². The van der Waals surface area contributed by atoms with Crippen molar-refractivity contribution < 1.29 is 27.5 Å². The number of carbonyl (C=O) groups is 1. The quantitative estimate of drug-likeness (QED) is 0.449. The van der Waals surface area contributed by atoms with Crippen LogP contribution in [-0.4, -0.2) is 55.5 Å². The molecule has 3 aromatic rings. The van der Waals surface area contributed by atoms with Crippen LogP contribution in [0.3, 0.4) is 0 Å². The highest BCUT2D eigenvalue weighted by atomic mass is 19.3. The van der Waals surface area contributed by atoms with E-state index in [1.807, 2.05) is 0 Å². The Hall–Kier alpha value is -3.51. The number of nitrogens with zero attached hydrogens (tertiary/aromatic N) is 3. The Morgan fingerprint density at radius 3 is 2.62 bits per heavy atom. The largest absolute Gasteiger partial charge is 0.385 e. The van der Waals surface area contributed by atoms with Crippen molar-refractivity contribution in [2.45, 2.75) is 49.8 Å². The van der Waals surface area contributed by atoms with Gasteiger partial charge in [-0.2, -0.15) is 0 Å². The van der Waals surface area contributed by atoms with Crippen molar-refractivity contribution in [3.63, 3.8) is 0 Å². The number of aliphatic hydroxyl groups is 1. The molecule has 3 N–H and O–H groups in total. The van der Waals surface area contributed by atoms with Gasteiger partial charge >= 0.3 is 0 Å². The van der Waals surface area contributed by atoms with Crippen molar-refractivity contribution in [2.24, 2.45) is 0 Å². The number of aliphatic hydroxyl groups excluding tert-OH is 1. The summed E-state index contributed by atoms with van der Waals surface area (Å²) in [6.45, 7) is 1.49. The molecule has 0 unspecified atom stereocenters. The van der Waals surface area contributed by atoms with Crippen molar-refractivity contribution in [3.05, 3.63) is 81.7 Å². The number of piperidine rings is 1. The van der Waals surface area contributed by atoms with E-state index in [-0.39, 0.29) is 36.7 Å². The fourth-order valence-electron chi connectivity index (χ4n) is 5.12. The fraction of sp³-hybridized carbons (Fsp3) is 0.400. The Bertz CT molecular complexity index is 1350. The Balaban J connectivity index is 1.31. The molecular formula is C25H25F4N5O3. The first-order chi connectivity index (χ1) is 17.5. The molecule has 5 rings (SSSR count). The van der Waals surface area contributed by atoms with Crippen molar-refractivity contribution in [1.29, 1.82) is 0 Å². The minimum Gasteiger partial charge on any atom is -0.385 e. The van der Waals surface area contributed by atoms with Crippen LogP contribution in [-0.2, 0) is 4.79 Å². The Labute approximate surface area is 208 Å². The third-order valence-electron chi connectivity index (χ3n) is 7.16. The molecular weight excluding hydrogens is 494 g/mol. The lowest BCUT2D eigenvalue weighted by molar-refractivity contribution is -0.125. The zero-order chi connectivity index (χ0) is 26.5. The molecule has 2 aromatic heterocycles. The van der Waals surface area contributed by atoms with Gasteiger partial charge in [-0.25, -0.2) is 22.5 Å². The number of rotatable bonds is 5. The number of pyridine rings is 1. The number of hydrogen-bond acceptors (Lipinski definition) is 5. The Morgan fingerprint density at radius 2 is 1.95 bits per heavy atom. The first kappa shape index (κ1) is 25.2. The Kier molecular flexibility index (Phi) is 6.40.